The van der Waals surface area contributed by atoms with Crippen molar-refractivity contribution in [3.63, 3.8) is 0 Å². The second kappa shape index (κ2) is 10.6. The van der Waals surface area contributed by atoms with Crippen LogP contribution in [0.5, 0.6) is 17.2 Å². The van der Waals surface area contributed by atoms with Gasteiger partial charge in [0.1, 0.15) is 18.0 Å². The van der Waals surface area contributed by atoms with Crippen molar-refractivity contribution in [1.82, 2.24) is 14.8 Å². The first-order valence-electron chi connectivity index (χ1n) is 14.9. The van der Waals surface area contributed by atoms with Crippen molar-refractivity contribution >= 4 is 5.97 Å². The summed E-state index contributed by atoms with van der Waals surface area (Å²) in [4.78, 5) is 16.6. The van der Waals surface area contributed by atoms with E-state index in [9.17, 15) is 31.9 Å². The number of hydrogen-bond donors (Lipinski definition) is 1. The van der Waals surface area contributed by atoms with Crippen molar-refractivity contribution in [3.8, 4) is 22.9 Å². The van der Waals surface area contributed by atoms with Crippen molar-refractivity contribution in [3.05, 3.63) is 59.2 Å². The summed E-state index contributed by atoms with van der Waals surface area (Å²) in [5, 5.41) is 14.2. The lowest BCUT2D eigenvalue weighted by atomic mass is 9.59. The van der Waals surface area contributed by atoms with Crippen LogP contribution in [0.4, 0.5) is 22.0 Å². The summed E-state index contributed by atoms with van der Waals surface area (Å²) in [6, 6.07) is 5.73. The number of ether oxygens (including phenoxy) is 4. The molecule has 9 nitrogen and oxygen atoms in total. The number of carbonyl (C=O) groups is 1. The number of pyridine rings is 1. The summed E-state index contributed by atoms with van der Waals surface area (Å²) in [6.07, 6.45) is -3.75. The van der Waals surface area contributed by atoms with Gasteiger partial charge >= 0.3 is 18.4 Å². The molecule has 3 aromatic rings. The Bertz CT molecular complexity index is 1630. The van der Waals surface area contributed by atoms with Gasteiger partial charge < -0.3 is 24.1 Å². The van der Waals surface area contributed by atoms with E-state index in [1.165, 1.54) is 41.3 Å². The van der Waals surface area contributed by atoms with Gasteiger partial charge in [0.2, 0.25) is 0 Å². The zero-order valence-electron chi connectivity index (χ0n) is 24.2. The minimum absolute atomic E-state index is 0.0287. The highest BCUT2D eigenvalue weighted by Crippen LogP contribution is 2.54. The summed E-state index contributed by atoms with van der Waals surface area (Å²) in [5.41, 5.74) is -1.12. The Morgan fingerprint density at radius 2 is 1.87 bits per heavy atom. The van der Waals surface area contributed by atoms with Gasteiger partial charge in [-0.25, -0.2) is 4.68 Å². The average molecular weight is 636 g/mol. The van der Waals surface area contributed by atoms with E-state index in [0.29, 0.717) is 43.6 Å². The Hall–Kier alpha value is -3.94. The van der Waals surface area contributed by atoms with Gasteiger partial charge in [-0.3, -0.25) is 9.78 Å². The third-order valence-electron chi connectivity index (χ3n) is 9.56. The first kappa shape index (κ1) is 29.8. The number of halogens is 5. The molecule has 14 heteroatoms. The maximum atomic E-state index is 14.3. The highest BCUT2D eigenvalue weighted by molar-refractivity contribution is 5.76. The van der Waals surface area contributed by atoms with E-state index in [-0.39, 0.29) is 40.6 Å². The Morgan fingerprint density at radius 1 is 1.11 bits per heavy atom. The molecule has 0 amide bonds. The zero-order chi connectivity index (χ0) is 31.7. The number of carboxylic acids is 1. The molecular formula is C31H30F5N3O6. The maximum Gasteiger partial charge on any atom is 0.586 e. The lowest BCUT2D eigenvalue weighted by Gasteiger charge is -2.50. The Kier molecular flexibility index (Phi) is 6.99. The Labute approximate surface area is 254 Å². The van der Waals surface area contributed by atoms with E-state index < -0.39 is 47.9 Å². The van der Waals surface area contributed by atoms with E-state index in [4.69, 9.17) is 9.47 Å². The van der Waals surface area contributed by atoms with E-state index in [0.717, 1.165) is 12.8 Å². The molecule has 1 aromatic carbocycles. The summed E-state index contributed by atoms with van der Waals surface area (Å²) in [5.74, 6) is -0.662. The van der Waals surface area contributed by atoms with Crippen molar-refractivity contribution in [2.45, 2.75) is 89.1 Å². The molecule has 0 spiro atoms. The molecule has 3 heterocycles. The predicted octanol–water partition coefficient (Wildman–Crippen LogP) is 7.18. The number of hydrogen-bond acceptors (Lipinski definition) is 7. The van der Waals surface area contributed by atoms with Crippen molar-refractivity contribution in [2.75, 3.05) is 0 Å². The molecule has 1 aliphatic heterocycles. The van der Waals surface area contributed by atoms with Gasteiger partial charge in [-0.1, -0.05) is 6.07 Å². The average Bonchev–Trinajstić information content (AvgIpc) is 3.54. The fourth-order valence-corrected chi connectivity index (χ4v) is 7.29. The smallest absolute Gasteiger partial charge is 0.484 e. The molecule has 45 heavy (non-hydrogen) atoms. The summed E-state index contributed by atoms with van der Waals surface area (Å²) < 4.78 is 92.4. The summed E-state index contributed by atoms with van der Waals surface area (Å²) in [6.45, 7) is 1.67. The van der Waals surface area contributed by atoms with E-state index in [1.54, 1.807) is 6.92 Å². The zero-order valence-corrected chi connectivity index (χ0v) is 24.2. The number of aromatic nitrogens is 3. The van der Waals surface area contributed by atoms with Crippen LogP contribution in [0, 0.1) is 11.3 Å². The van der Waals surface area contributed by atoms with E-state index in [2.05, 4.69) is 19.6 Å². The van der Waals surface area contributed by atoms with Crippen LogP contribution in [-0.4, -0.2) is 38.2 Å². The monoisotopic (exact) mass is 635 g/mol. The molecule has 3 saturated carbocycles. The van der Waals surface area contributed by atoms with Gasteiger partial charge in [0.15, 0.2) is 17.2 Å². The lowest BCUT2D eigenvalue weighted by molar-refractivity contribution is -0.286. The van der Waals surface area contributed by atoms with Gasteiger partial charge in [0.25, 0.3) is 0 Å². The molecule has 0 radical (unpaired) electrons. The van der Waals surface area contributed by atoms with E-state index in [1.807, 2.05) is 0 Å². The number of aliphatic carboxylic acids is 1. The van der Waals surface area contributed by atoms with Crippen LogP contribution < -0.4 is 14.2 Å². The number of nitrogens with zero attached hydrogens (tertiary/aromatic N) is 3. The van der Waals surface area contributed by atoms with Crippen LogP contribution in [0.2, 0.25) is 0 Å². The van der Waals surface area contributed by atoms with Gasteiger partial charge in [0.05, 0.1) is 35.3 Å². The number of fused-ring (bicyclic) bond motifs is 5. The molecule has 4 aliphatic carbocycles. The summed E-state index contributed by atoms with van der Waals surface area (Å²) >= 11 is 0. The molecule has 1 unspecified atom stereocenters. The molecule has 2 bridgehead atoms. The van der Waals surface area contributed by atoms with Gasteiger partial charge in [-0.05, 0) is 81.9 Å². The molecule has 0 saturated heterocycles. The second-order valence-corrected chi connectivity index (χ2v) is 12.3. The van der Waals surface area contributed by atoms with Crippen LogP contribution in [0.15, 0.2) is 36.7 Å². The van der Waals surface area contributed by atoms with Gasteiger partial charge in [-0.2, -0.15) is 18.3 Å². The Balaban J connectivity index is 1.20. The fraction of sp³-hybridized carbons (Fsp3) is 0.516. The third kappa shape index (κ3) is 5.26. The molecule has 8 rings (SSSR count). The number of benzene rings is 1. The number of rotatable bonds is 7. The fourth-order valence-electron chi connectivity index (χ4n) is 7.29. The largest absolute Gasteiger partial charge is 0.586 e. The first-order valence-corrected chi connectivity index (χ1v) is 14.9. The maximum absolute atomic E-state index is 14.3. The van der Waals surface area contributed by atoms with Gasteiger partial charge in [0, 0.05) is 11.6 Å². The SMILES string of the molecule is C[C@H](Oc1cncc(-n2nc(C(F)(F)F)c3c2[C@@H](OC2CC4CCC2(C(=O)O)CC4)CCC3)c1)c1ccc2c(c1)OC(F)(F)O2. The molecular weight excluding hydrogens is 605 g/mol. The lowest BCUT2D eigenvalue weighted by Crippen LogP contribution is -2.52. The number of carboxylic acid groups (broad SMARTS) is 1. The van der Waals surface area contributed by atoms with Crippen LogP contribution in [0.1, 0.15) is 86.6 Å². The minimum atomic E-state index is -4.73. The van der Waals surface area contributed by atoms with Crippen molar-refractivity contribution in [2.24, 2.45) is 11.3 Å². The van der Waals surface area contributed by atoms with E-state index >= 15 is 0 Å². The van der Waals surface area contributed by atoms with Crippen LogP contribution in [-0.2, 0) is 22.1 Å². The van der Waals surface area contributed by atoms with Crippen LogP contribution in [0.25, 0.3) is 5.69 Å². The highest BCUT2D eigenvalue weighted by Gasteiger charge is 2.55. The molecule has 2 aromatic heterocycles. The second-order valence-electron chi connectivity index (χ2n) is 12.3. The first-order chi connectivity index (χ1) is 21.3. The molecule has 3 atom stereocenters. The minimum Gasteiger partial charge on any atom is -0.484 e. The molecule has 1 N–H and O–H groups in total. The quantitative estimate of drug-likeness (QED) is 0.273. The van der Waals surface area contributed by atoms with Crippen LogP contribution >= 0.6 is 0 Å². The molecule has 5 aliphatic rings. The normalized spacial score (nSPS) is 27.2. The number of alkyl halides is 5. The third-order valence-corrected chi connectivity index (χ3v) is 9.56. The molecule has 3 fully saturated rings. The molecule has 240 valence electrons. The van der Waals surface area contributed by atoms with Crippen LogP contribution in [0.3, 0.4) is 0 Å². The standard InChI is InChI=1S/C31H30F5N3O6/c1-16(18-5-6-22-24(12-18)45-31(35,36)44-22)42-20-13-19(14-37-15-20)39-26-21(27(38-39)30(32,33)34)3-2-4-23(26)43-25-11-17-7-9-29(25,10-8-17)28(40)41/h5-6,12-17,23,25H,2-4,7-11H2,1H3,(H,40,41)/t16-,17?,23-,25?,29?/m0/s1. The Morgan fingerprint density at radius 3 is 2.60 bits per heavy atom. The highest BCUT2D eigenvalue weighted by atomic mass is 19.4. The summed E-state index contributed by atoms with van der Waals surface area (Å²) in [7, 11) is 0. The van der Waals surface area contributed by atoms with Crippen molar-refractivity contribution < 1.29 is 50.8 Å². The van der Waals surface area contributed by atoms with Gasteiger partial charge in [-0.15, -0.1) is 8.78 Å². The van der Waals surface area contributed by atoms with Crippen molar-refractivity contribution in [1.29, 1.82) is 0 Å². The predicted molar refractivity (Wildman–Crippen MR) is 145 cm³/mol. The topological polar surface area (TPSA) is 105 Å².